The lowest BCUT2D eigenvalue weighted by Crippen LogP contribution is -2.70. The van der Waals surface area contributed by atoms with Gasteiger partial charge in [-0.15, -0.1) is 0 Å². The van der Waals surface area contributed by atoms with Crippen LogP contribution in [0, 0.1) is 62.2 Å². The van der Waals surface area contributed by atoms with Gasteiger partial charge < -0.3 is 14.7 Å². The van der Waals surface area contributed by atoms with Crippen LogP contribution in [0.3, 0.4) is 0 Å². The van der Waals surface area contributed by atoms with E-state index in [1.54, 1.807) is 0 Å². The number of hydrogen-bond acceptors (Lipinski definition) is 4. The number of rotatable bonds is 2. The number of nitrogens with zero attached hydrogens (tertiary/aromatic N) is 2. The van der Waals surface area contributed by atoms with Gasteiger partial charge in [-0.3, -0.25) is 4.79 Å². The normalized spacial score (nSPS) is 47.5. The molecule has 0 unspecified atom stereocenters. The first-order chi connectivity index (χ1) is 19.0. The Kier molecular flexibility index (Phi) is 5.69. The van der Waals surface area contributed by atoms with Crippen molar-refractivity contribution in [3.05, 3.63) is 34.5 Å². The number of likely N-dealkylation sites (tertiary alicyclic amines) is 1. The van der Waals surface area contributed by atoms with Crippen LogP contribution in [0.25, 0.3) is 4.85 Å². The maximum absolute atomic E-state index is 14.7. The maximum Gasteiger partial charge on any atom is 0.203 e. The summed E-state index contributed by atoms with van der Waals surface area (Å²) in [6.45, 7) is 29.6. The van der Waals surface area contributed by atoms with Crippen molar-refractivity contribution in [1.29, 1.82) is 0 Å². The summed E-state index contributed by atoms with van der Waals surface area (Å²) in [5.41, 5.74) is 1.78. The Morgan fingerprint density at radius 2 is 1.71 bits per heavy atom. The molecule has 5 nitrogen and oxygen atoms in total. The zero-order valence-corrected chi connectivity index (χ0v) is 26.7. The zero-order valence-electron chi connectivity index (χ0n) is 26.7. The maximum atomic E-state index is 14.7. The van der Waals surface area contributed by atoms with Crippen molar-refractivity contribution in [3.8, 4) is 0 Å². The number of carbonyl (C=O) groups excluding carboxylic acids is 1. The fourth-order valence-electron chi connectivity index (χ4n) is 12.3. The Morgan fingerprint density at radius 3 is 2.34 bits per heavy atom. The van der Waals surface area contributed by atoms with E-state index in [0.29, 0.717) is 29.2 Å². The molecule has 0 aromatic rings. The van der Waals surface area contributed by atoms with Gasteiger partial charge in [0.2, 0.25) is 5.70 Å². The first-order valence-electron chi connectivity index (χ1n) is 16.4. The lowest BCUT2D eigenvalue weighted by Gasteiger charge is -2.70. The average molecular weight is 561 g/mol. The van der Waals surface area contributed by atoms with Crippen molar-refractivity contribution < 1.29 is 14.6 Å². The van der Waals surface area contributed by atoms with E-state index in [9.17, 15) is 9.90 Å². The van der Waals surface area contributed by atoms with Gasteiger partial charge in [0.1, 0.15) is 5.76 Å². The molecule has 7 rings (SSSR count). The van der Waals surface area contributed by atoms with Crippen molar-refractivity contribution in [1.82, 2.24) is 4.90 Å². The van der Waals surface area contributed by atoms with Crippen molar-refractivity contribution in [2.75, 3.05) is 32.8 Å². The summed E-state index contributed by atoms with van der Waals surface area (Å²) in [4.78, 5) is 21.3. The first kappa shape index (κ1) is 28.1. The number of allylic oxidation sites excluding steroid dienone is 4. The van der Waals surface area contributed by atoms with Crippen LogP contribution in [0.15, 0.2) is 23.1 Å². The molecule has 2 saturated heterocycles. The number of aliphatic hydroxyl groups is 1. The van der Waals surface area contributed by atoms with Gasteiger partial charge in [0.15, 0.2) is 5.78 Å². The zero-order chi connectivity index (χ0) is 29.4. The number of ether oxygens (including phenoxy) is 1. The molecule has 7 aliphatic rings. The van der Waals surface area contributed by atoms with Crippen molar-refractivity contribution in [3.63, 3.8) is 0 Å². The number of ketones is 1. The molecule has 0 aromatic heterocycles. The molecule has 224 valence electrons. The van der Waals surface area contributed by atoms with Gasteiger partial charge in [-0.2, -0.15) is 0 Å². The molecule has 1 N–H and O–H groups in total. The van der Waals surface area contributed by atoms with Crippen LogP contribution in [-0.2, 0) is 9.53 Å². The summed E-state index contributed by atoms with van der Waals surface area (Å²) < 4.78 is 5.58. The largest absolute Gasteiger partial charge is 0.523 e. The van der Waals surface area contributed by atoms with Gasteiger partial charge in [0, 0.05) is 36.4 Å². The Balaban J connectivity index is 1.29. The van der Waals surface area contributed by atoms with E-state index >= 15 is 0 Å². The van der Waals surface area contributed by atoms with Crippen LogP contribution in [-0.4, -0.2) is 48.6 Å². The minimum Gasteiger partial charge on any atom is -0.523 e. The number of fused-ring (bicyclic) bond motifs is 7. The van der Waals surface area contributed by atoms with Crippen LogP contribution >= 0.6 is 0 Å². The highest BCUT2D eigenvalue weighted by Gasteiger charge is 2.70. The van der Waals surface area contributed by atoms with E-state index in [0.717, 1.165) is 45.4 Å². The van der Waals surface area contributed by atoms with E-state index in [2.05, 4.69) is 64.3 Å². The van der Waals surface area contributed by atoms with Crippen molar-refractivity contribution in [2.45, 2.75) is 99.8 Å². The van der Waals surface area contributed by atoms with E-state index in [4.69, 9.17) is 11.3 Å². The quantitative estimate of drug-likeness (QED) is 0.353. The van der Waals surface area contributed by atoms with Gasteiger partial charge in [-0.1, -0.05) is 54.0 Å². The number of carbonyl (C=O) groups is 1. The summed E-state index contributed by atoms with van der Waals surface area (Å²) in [7, 11) is 0. The summed E-state index contributed by atoms with van der Waals surface area (Å²) in [5, 5.41) is 11.1. The van der Waals surface area contributed by atoms with Crippen molar-refractivity contribution in [2.24, 2.45) is 55.7 Å². The fourth-order valence-corrected chi connectivity index (χ4v) is 12.3. The fraction of sp³-hybridized carbons (Fsp3) is 0.833. The topological polar surface area (TPSA) is 54.1 Å². The summed E-state index contributed by atoms with van der Waals surface area (Å²) >= 11 is 0. The molecule has 0 aromatic carbocycles. The molecule has 0 radical (unpaired) electrons. The van der Waals surface area contributed by atoms with Crippen LogP contribution in [0.5, 0.6) is 0 Å². The second-order valence-electron chi connectivity index (χ2n) is 18.0. The molecule has 5 aliphatic carbocycles. The van der Waals surface area contributed by atoms with Crippen molar-refractivity contribution >= 4 is 5.78 Å². The molecule has 2 aliphatic heterocycles. The Labute approximate surface area is 248 Å². The smallest absolute Gasteiger partial charge is 0.203 e. The second kappa shape index (κ2) is 8.29. The van der Waals surface area contributed by atoms with Gasteiger partial charge in [0.05, 0.1) is 19.8 Å². The van der Waals surface area contributed by atoms with Gasteiger partial charge in [0.25, 0.3) is 0 Å². The van der Waals surface area contributed by atoms with Gasteiger partial charge >= 0.3 is 0 Å². The van der Waals surface area contributed by atoms with Gasteiger partial charge in [-0.05, 0) is 96.4 Å². The third-order valence-corrected chi connectivity index (χ3v) is 14.8. The summed E-state index contributed by atoms with van der Waals surface area (Å²) in [5.74, 6) is 1.34. The lowest BCUT2D eigenvalue weighted by atomic mass is 9.34. The SMILES string of the molecule is [C-]#[N+]C1=C(O)C(C)(C)[C@@H]2CC[C@]3(C)C(=CC(=O)[C@@H]4[C@@H]5CC(C)(C)CC[C@]5(CN5CC6(COC6)C5)CC[C@]43C)[C@@]2(C)C1. The molecule has 41 heavy (non-hydrogen) atoms. The summed E-state index contributed by atoms with van der Waals surface area (Å²) in [6.07, 6.45) is 10.7. The lowest BCUT2D eigenvalue weighted by molar-refractivity contribution is -0.213. The van der Waals surface area contributed by atoms with E-state index in [1.165, 1.54) is 37.9 Å². The van der Waals surface area contributed by atoms with Crippen LogP contribution in [0.4, 0.5) is 0 Å². The molecule has 0 amide bonds. The third-order valence-electron chi connectivity index (χ3n) is 14.8. The standard InChI is InChI=1S/C36H52N2O3/c1-30(2)11-13-36(20-38-18-35(19-38)21-41-22-35)14-12-34(7)28(23(36)16-30)25(39)15-27-32(5)17-24(37-8)29(40)31(3,4)26(32)9-10-33(27,34)6/h15,23,26,28,40H,9-14,16-22H2,1-7H3/t23-,26-,28-,32-,33+,34+,36+/m0/s1. The molecule has 7 atom stereocenters. The molecule has 5 heteroatoms. The van der Waals surface area contributed by atoms with E-state index < -0.39 is 5.41 Å². The van der Waals surface area contributed by atoms with E-state index in [-0.39, 0.29) is 44.7 Å². The van der Waals surface area contributed by atoms with Gasteiger partial charge in [-0.25, -0.2) is 4.85 Å². The first-order valence-corrected chi connectivity index (χ1v) is 16.4. The molecule has 3 saturated carbocycles. The Morgan fingerprint density at radius 1 is 1.02 bits per heavy atom. The molecular formula is C36H52N2O3. The molecule has 2 heterocycles. The van der Waals surface area contributed by atoms with Crippen LogP contribution in [0.1, 0.15) is 99.8 Å². The second-order valence-corrected chi connectivity index (χ2v) is 18.0. The highest BCUT2D eigenvalue weighted by Crippen LogP contribution is 2.75. The minimum absolute atomic E-state index is 0.0628. The average Bonchev–Trinajstić information content (AvgIpc) is 2.84. The van der Waals surface area contributed by atoms with Crippen LogP contribution < -0.4 is 0 Å². The number of hydrogen-bond donors (Lipinski definition) is 1. The monoisotopic (exact) mass is 560 g/mol. The molecular weight excluding hydrogens is 508 g/mol. The molecule has 5 fully saturated rings. The molecule has 1 spiro atoms. The summed E-state index contributed by atoms with van der Waals surface area (Å²) in [6, 6.07) is 0. The Bertz CT molecular complexity index is 1290. The van der Waals surface area contributed by atoms with Crippen LogP contribution in [0.2, 0.25) is 0 Å². The third kappa shape index (κ3) is 3.50. The number of aliphatic hydroxyl groups excluding tert-OH is 1. The predicted molar refractivity (Wildman–Crippen MR) is 161 cm³/mol. The molecule has 0 bridgehead atoms. The minimum atomic E-state index is -0.467. The predicted octanol–water partition coefficient (Wildman–Crippen LogP) is 7.60. The Hall–Kier alpha value is -1.64. The van der Waals surface area contributed by atoms with E-state index in [1.807, 2.05) is 0 Å². The highest BCUT2D eigenvalue weighted by atomic mass is 16.5. The highest BCUT2D eigenvalue weighted by molar-refractivity contribution is 5.95.